The summed E-state index contributed by atoms with van der Waals surface area (Å²) < 4.78 is 15.3. The van der Waals surface area contributed by atoms with E-state index in [-0.39, 0.29) is 0 Å². The third kappa shape index (κ3) is 4.25. The fourth-order valence-electron chi connectivity index (χ4n) is 6.87. The Kier molecular flexibility index (Phi) is 6.01. The summed E-state index contributed by atoms with van der Waals surface area (Å²) in [5.74, 6) is 0.603. The first-order valence-corrected chi connectivity index (χ1v) is 16.8. The summed E-state index contributed by atoms with van der Waals surface area (Å²) in [6.45, 7) is 0. The van der Waals surface area contributed by atoms with Crippen LogP contribution < -0.4 is 4.90 Å². The summed E-state index contributed by atoms with van der Waals surface area (Å²) in [5, 5.41) is 4.59. The number of nitrogens with zero attached hydrogens (tertiary/aromatic N) is 2. The molecule has 0 fully saturated rings. The molecule has 3 aromatic heterocycles. The normalized spacial score (nSPS) is 11.8. The van der Waals surface area contributed by atoms with Gasteiger partial charge in [-0.15, -0.1) is 11.3 Å². The van der Waals surface area contributed by atoms with Crippen LogP contribution in [0.3, 0.4) is 0 Å². The van der Waals surface area contributed by atoms with Gasteiger partial charge in [-0.2, -0.15) is 0 Å². The van der Waals surface area contributed by atoms with Crippen molar-refractivity contribution in [1.29, 1.82) is 0 Å². The van der Waals surface area contributed by atoms with Crippen LogP contribution in [0.1, 0.15) is 0 Å². The van der Waals surface area contributed by atoms with Crippen LogP contribution in [0.4, 0.5) is 17.1 Å². The second-order valence-corrected chi connectivity index (χ2v) is 13.0. The van der Waals surface area contributed by atoms with E-state index in [9.17, 15) is 0 Å². The average Bonchev–Trinajstić information content (AvgIpc) is 3.86. The Bertz CT molecular complexity index is 2780. The van der Waals surface area contributed by atoms with Crippen LogP contribution in [0.15, 0.2) is 167 Å². The van der Waals surface area contributed by atoms with E-state index in [1.54, 1.807) is 0 Å². The molecule has 0 aliphatic carbocycles. The smallest absolute Gasteiger partial charge is 0.227 e. The second-order valence-electron chi connectivity index (χ2n) is 12.0. The fourth-order valence-corrected chi connectivity index (χ4v) is 8.11. The van der Waals surface area contributed by atoms with Gasteiger partial charge in [0.2, 0.25) is 5.89 Å². The molecular formula is C43H26N2O2S. The lowest BCUT2D eigenvalue weighted by Crippen LogP contribution is -2.09. The Labute approximate surface area is 279 Å². The first kappa shape index (κ1) is 27.0. The van der Waals surface area contributed by atoms with Crippen molar-refractivity contribution in [2.24, 2.45) is 0 Å². The highest BCUT2D eigenvalue weighted by Gasteiger charge is 2.19. The van der Waals surface area contributed by atoms with Crippen LogP contribution in [-0.4, -0.2) is 4.98 Å². The molecule has 0 saturated carbocycles. The number of fused-ring (bicyclic) bond motifs is 8. The quantitative estimate of drug-likeness (QED) is 0.189. The minimum Gasteiger partial charge on any atom is -0.456 e. The number of aromatic nitrogens is 1. The monoisotopic (exact) mass is 634 g/mol. The number of hydrogen-bond acceptors (Lipinski definition) is 5. The van der Waals surface area contributed by atoms with Crippen LogP contribution in [0.5, 0.6) is 0 Å². The predicted octanol–water partition coefficient (Wildman–Crippen LogP) is 12.9. The zero-order valence-electron chi connectivity index (χ0n) is 25.6. The lowest BCUT2D eigenvalue weighted by molar-refractivity contribution is 0.619. The van der Waals surface area contributed by atoms with Crippen molar-refractivity contribution in [2.75, 3.05) is 4.90 Å². The van der Waals surface area contributed by atoms with Crippen LogP contribution in [0.25, 0.3) is 75.8 Å². The molecule has 5 heteroatoms. The Hall–Kier alpha value is -6.17. The van der Waals surface area contributed by atoms with Crippen LogP contribution >= 0.6 is 11.3 Å². The number of benzene rings is 7. The van der Waals surface area contributed by atoms with Gasteiger partial charge in [0.25, 0.3) is 0 Å². The van der Waals surface area contributed by atoms with Crippen molar-refractivity contribution in [3.63, 3.8) is 0 Å². The highest BCUT2D eigenvalue weighted by Crippen LogP contribution is 2.43. The van der Waals surface area contributed by atoms with E-state index in [4.69, 9.17) is 13.8 Å². The van der Waals surface area contributed by atoms with Crippen molar-refractivity contribution >= 4 is 81.6 Å². The highest BCUT2D eigenvalue weighted by atomic mass is 32.1. The number of anilines is 3. The Morgan fingerprint density at radius 3 is 2.04 bits per heavy atom. The molecule has 0 unspecified atom stereocenters. The van der Waals surface area contributed by atoms with Gasteiger partial charge in [-0.05, 0) is 77.9 Å². The Balaban J connectivity index is 1.08. The molecule has 0 saturated heterocycles. The van der Waals surface area contributed by atoms with Crippen LogP contribution in [-0.2, 0) is 0 Å². The summed E-state index contributed by atoms with van der Waals surface area (Å²) >= 11 is 1.86. The van der Waals surface area contributed by atoms with E-state index in [0.717, 1.165) is 55.7 Å². The average molecular weight is 635 g/mol. The molecule has 0 atom stereocenters. The molecular weight excluding hydrogens is 609 g/mol. The van der Waals surface area contributed by atoms with Gasteiger partial charge in [-0.25, -0.2) is 4.98 Å². The third-order valence-corrected chi connectivity index (χ3v) is 10.3. The van der Waals surface area contributed by atoms with Gasteiger partial charge in [0.15, 0.2) is 5.58 Å². The number of rotatable bonds is 5. The second kappa shape index (κ2) is 10.7. The largest absolute Gasteiger partial charge is 0.456 e. The predicted molar refractivity (Wildman–Crippen MR) is 200 cm³/mol. The summed E-state index contributed by atoms with van der Waals surface area (Å²) in [5.41, 5.74) is 9.67. The summed E-state index contributed by atoms with van der Waals surface area (Å²) in [7, 11) is 0. The maximum absolute atomic E-state index is 6.47. The van der Waals surface area contributed by atoms with Gasteiger partial charge in [0.1, 0.15) is 16.7 Å². The molecule has 10 rings (SSSR count). The molecule has 0 aliphatic rings. The maximum atomic E-state index is 6.47. The number of furan rings is 1. The first-order valence-electron chi connectivity index (χ1n) is 16.0. The zero-order chi connectivity index (χ0) is 31.6. The molecule has 0 amide bonds. The van der Waals surface area contributed by atoms with Gasteiger partial charge >= 0.3 is 0 Å². The molecule has 0 bridgehead atoms. The molecule has 7 aromatic carbocycles. The molecule has 10 aromatic rings. The maximum Gasteiger partial charge on any atom is 0.227 e. The van der Waals surface area contributed by atoms with E-state index in [1.807, 2.05) is 59.9 Å². The molecule has 0 spiro atoms. The molecule has 0 N–H and O–H groups in total. The van der Waals surface area contributed by atoms with Crippen molar-refractivity contribution in [3.8, 4) is 22.6 Å². The standard InChI is InChI=1S/C43H26N2O2S/c1-3-10-28(11-4-1)43-44-41-37(47-43)25-24-36-40(41)35-23-22-31(26-38(35)46-36)45(29-12-5-2-6-13-29)30-20-18-27(19-21-30)32-15-9-16-34-33-14-7-8-17-39(33)48-42(32)34/h1-26H. The minimum atomic E-state index is 0.603. The summed E-state index contributed by atoms with van der Waals surface area (Å²) in [6.07, 6.45) is 0. The molecule has 48 heavy (non-hydrogen) atoms. The lowest BCUT2D eigenvalue weighted by Gasteiger charge is -2.25. The number of para-hydroxylation sites is 1. The van der Waals surface area contributed by atoms with Crippen molar-refractivity contribution in [2.45, 2.75) is 0 Å². The van der Waals surface area contributed by atoms with Crippen molar-refractivity contribution in [1.82, 2.24) is 4.98 Å². The molecule has 3 heterocycles. The van der Waals surface area contributed by atoms with Gasteiger partial charge in [-0.3, -0.25) is 0 Å². The topological polar surface area (TPSA) is 42.4 Å². The Morgan fingerprint density at radius 2 is 1.19 bits per heavy atom. The van der Waals surface area contributed by atoms with Crippen LogP contribution in [0, 0.1) is 0 Å². The first-order chi connectivity index (χ1) is 23.8. The van der Waals surface area contributed by atoms with Crippen molar-refractivity contribution < 1.29 is 8.83 Å². The van der Waals surface area contributed by atoms with E-state index in [0.29, 0.717) is 5.89 Å². The fraction of sp³-hybridized carbons (Fsp3) is 0. The molecule has 4 nitrogen and oxygen atoms in total. The van der Waals surface area contributed by atoms with Gasteiger partial charge < -0.3 is 13.7 Å². The SMILES string of the molecule is c1ccc(-c2nc3c(ccc4oc5cc(N(c6ccccc6)c6ccc(-c7cccc8c7sc7ccccc78)cc6)ccc5c43)o2)cc1. The molecule has 0 aliphatic heterocycles. The molecule has 226 valence electrons. The van der Waals surface area contributed by atoms with E-state index in [2.05, 4.69) is 114 Å². The number of oxazole rings is 1. The number of hydrogen-bond donors (Lipinski definition) is 0. The third-order valence-electron chi connectivity index (χ3n) is 9.11. The van der Waals surface area contributed by atoms with E-state index < -0.39 is 0 Å². The van der Waals surface area contributed by atoms with Crippen LogP contribution in [0.2, 0.25) is 0 Å². The van der Waals surface area contributed by atoms with Gasteiger partial charge in [0, 0.05) is 54.3 Å². The lowest BCUT2D eigenvalue weighted by atomic mass is 10.0. The van der Waals surface area contributed by atoms with E-state index >= 15 is 0 Å². The summed E-state index contributed by atoms with van der Waals surface area (Å²) in [6, 6.07) is 55.0. The molecule has 0 radical (unpaired) electrons. The van der Waals surface area contributed by atoms with Gasteiger partial charge in [0.05, 0.1) is 5.39 Å². The highest BCUT2D eigenvalue weighted by molar-refractivity contribution is 7.26. The summed E-state index contributed by atoms with van der Waals surface area (Å²) in [4.78, 5) is 7.19. The number of thiophene rings is 1. The van der Waals surface area contributed by atoms with E-state index in [1.165, 1.54) is 31.3 Å². The van der Waals surface area contributed by atoms with Gasteiger partial charge in [-0.1, -0.05) is 84.9 Å². The minimum absolute atomic E-state index is 0.603. The Morgan fingerprint density at radius 1 is 0.479 bits per heavy atom. The van der Waals surface area contributed by atoms with Crippen molar-refractivity contribution in [3.05, 3.63) is 158 Å². The zero-order valence-corrected chi connectivity index (χ0v) is 26.4.